The Morgan fingerprint density at radius 3 is 2.46 bits per heavy atom. The molecule has 0 radical (unpaired) electrons. The first-order valence-electron chi connectivity index (χ1n) is 12.6. The van der Waals surface area contributed by atoms with Gasteiger partial charge in [0.15, 0.2) is 5.65 Å². The summed E-state index contributed by atoms with van der Waals surface area (Å²) < 4.78 is 7.23. The van der Waals surface area contributed by atoms with Crippen LogP contribution in [0.25, 0.3) is 22.1 Å². The molecule has 2 aromatic carbocycles. The van der Waals surface area contributed by atoms with Crippen LogP contribution in [0.2, 0.25) is 0 Å². The number of rotatable bonds is 8. The van der Waals surface area contributed by atoms with Crippen LogP contribution in [-0.2, 0) is 16.1 Å². The molecular formula is C27H30N6O3S. The lowest BCUT2D eigenvalue weighted by Crippen LogP contribution is -2.50. The fourth-order valence-electron chi connectivity index (χ4n) is 4.57. The van der Waals surface area contributed by atoms with Crippen molar-refractivity contribution in [2.24, 2.45) is 0 Å². The first-order valence-corrected chi connectivity index (χ1v) is 13.6. The largest absolute Gasteiger partial charge is 0.450 e. The van der Waals surface area contributed by atoms with Crippen LogP contribution in [-0.4, -0.2) is 80.1 Å². The molecule has 0 spiro atoms. The number of para-hydroxylation sites is 1. The van der Waals surface area contributed by atoms with Gasteiger partial charge in [-0.15, -0.1) is 10.2 Å². The van der Waals surface area contributed by atoms with E-state index in [-0.39, 0.29) is 12.0 Å². The Morgan fingerprint density at radius 1 is 0.946 bits per heavy atom. The molecule has 0 unspecified atom stereocenters. The van der Waals surface area contributed by atoms with Crippen LogP contribution in [0, 0.1) is 0 Å². The van der Waals surface area contributed by atoms with Crippen LogP contribution in [0.3, 0.4) is 0 Å². The lowest BCUT2D eigenvalue weighted by Gasteiger charge is -2.34. The Balaban J connectivity index is 1.20. The highest BCUT2D eigenvalue weighted by molar-refractivity contribution is 7.99. The molecule has 9 nitrogen and oxygen atoms in total. The van der Waals surface area contributed by atoms with E-state index >= 15 is 0 Å². The topological polar surface area (TPSA) is 93.5 Å². The zero-order valence-electron chi connectivity index (χ0n) is 20.9. The first kappa shape index (κ1) is 25.0. The lowest BCUT2D eigenvalue weighted by atomic mass is 10.2. The average Bonchev–Trinajstić information content (AvgIpc) is 3.24. The molecular weight excluding hydrogens is 488 g/mol. The smallest absolute Gasteiger partial charge is 0.409 e. The van der Waals surface area contributed by atoms with E-state index in [4.69, 9.17) is 9.72 Å². The maximum absolute atomic E-state index is 12.6. The fraction of sp³-hybridized carbons (Fsp3) is 0.370. The number of benzene rings is 2. The van der Waals surface area contributed by atoms with E-state index in [1.807, 2.05) is 35.2 Å². The number of hydrogen-bond donors (Lipinski definition) is 0. The van der Waals surface area contributed by atoms with Gasteiger partial charge in [-0.25, -0.2) is 9.78 Å². The van der Waals surface area contributed by atoms with Gasteiger partial charge in [-0.1, -0.05) is 60.3 Å². The number of carbonyl (C=O) groups excluding carboxylic acids is 2. The minimum absolute atomic E-state index is 0.113. The van der Waals surface area contributed by atoms with Crippen molar-refractivity contribution in [1.29, 1.82) is 0 Å². The molecule has 2 aromatic heterocycles. The van der Waals surface area contributed by atoms with E-state index in [1.54, 1.807) is 11.8 Å². The highest BCUT2D eigenvalue weighted by atomic mass is 32.2. The van der Waals surface area contributed by atoms with Gasteiger partial charge in [0.05, 0.1) is 12.1 Å². The summed E-state index contributed by atoms with van der Waals surface area (Å²) in [5.41, 5.74) is 3.89. The number of carbonyl (C=O) groups is 2. The van der Waals surface area contributed by atoms with E-state index < -0.39 is 0 Å². The molecule has 0 bridgehead atoms. The van der Waals surface area contributed by atoms with Gasteiger partial charge >= 0.3 is 6.09 Å². The minimum Gasteiger partial charge on any atom is -0.450 e. The number of hydrogen-bond acceptors (Lipinski definition) is 7. The Kier molecular flexibility index (Phi) is 7.84. The summed E-state index contributed by atoms with van der Waals surface area (Å²) in [5, 5.41) is 10.5. The predicted octanol–water partition coefficient (Wildman–Crippen LogP) is 4.20. The van der Waals surface area contributed by atoms with Crippen molar-refractivity contribution < 1.29 is 14.3 Å². The quantitative estimate of drug-likeness (QED) is 0.255. The van der Waals surface area contributed by atoms with Gasteiger partial charge in [0, 0.05) is 50.3 Å². The highest BCUT2D eigenvalue weighted by Crippen LogP contribution is 2.28. The molecule has 3 heterocycles. The van der Waals surface area contributed by atoms with Crippen LogP contribution in [0.15, 0.2) is 59.8 Å². The third kappa shape index (κ3) is 5.69. The van der Waals surface area contributed by atoms with Crippen molar-refractivity contribution in [1.82, 2.24) is 29.5 Å². The molecule has 4 aromatic rings. The van der Waals surface area contributed by atoms with Gasteiger partial charge in [-0.3, -0.25) is 4.79 Å². The minimum atomic E-state index is -0.306. The van der Waals surface area contributed by atoms with Crippen molar-refractivity contribution in [2.75, 3.05) is 38.5 Å². The number of ether oxygens (including phenoxy) is 1. The van der Waals surface area contributed by atoms with E-state index in [0.717, 1.165) is 34.2 Å². The van der Waals surface area contributed by atoms with E-state index in [2.05, 4.69) is 39.0 Å². The van der Waals surface area contributed by atoms with Crippen LogP contribution in [0.1, 0.15) is 25.3 Å². The highest BCUT2D eigenvalue weighted by Gasteiger charge is 2.24. The molecule has 10 heteroatoms. The summed E-state index contributed by atoms with van der Waals surface area (Å²) >= 11 is 1.52. The SMILES string of the molecule is CCOC(=O)N1CCN(C(=O)CCCSc2nnc3c4ccccc4n(Cc4ccccc4)c3n2)CC1. The number of thioether (sulfide) groups is 1. The molecule has 192 valence electrons. The predicted molar refractivity (Wildman–Crippen MR) is 144 cm³/mol. The van der Waals surface area contributed by atoms with Crippen molar-refractivity contribution in [3.8, 4) is 0 Å². The molecule has 0 aliphatic carbocycles. The Hall–Kier alpha value is -3.66. The fourth-order valence-corrected chi connectivity index (χ4v) is 5.30. The van der Waals surface area contributed by atoms with Crippen molar-refractivity contribution in [3.05, 3.63) is 60.2 Å². The molecule has 1 fully saturated rings. The van der Waals surface area contributed by atoms with Gasteiger partial charge in [0.25, 0.3) is 0 Å². The average molecular weight is 519 g/mol. The monoisotopic (exact) mass is 518 g/mol. The van der Waals surface area contributed by atoms with Gasteiger partial charge < -0.3 is 19.1 Å². The van der Waals surface area contributed by atoms with E-state index in [1.165, 1.54) is 17.3 Å². The van der Waals surface area contributed by atoms with Crippen molar-refractivity contribution in [3.63, 3.8) is 0 Å². The lowest BCUT2D eigenvalue weighted by molar-refractivity contribution is -0.132. The second-order valence-corrected chi connectivity index (χ2v) is 9.94. The molecule has 1 aliphatic heterocycles. The standard InChI is InChI=1S/C27H30N6O3S/c1-2-36-27(35)32-16-14-31(15-17-32)23(34)13-8-18-37-26-28-25-24(29-30-26)21-11-6-7-12-22(21)33(25)19-20-9-4-3-5-10-20/h3-7,9-12H,2,8,13-19H2,1H3. The third-order valence-electron chi connectivity index (χ3n) is 6.46. The van der Waals surface area contributed by atoms with E-state index in [0.29, 0.717) is 50.9 Å². The Morgan fingerprint density at radius 2 is 1.68 bits per heavy atom. The molecule has 0 atom stereocenters. The molecule has 1 saturated heterocycles. The summed E-state index contributed by atoms with van der Waals surface area (Å²) in [6.45, 7) is 4.95. The van der Waals surface area contributed by atoms with Crippen molar-refractivity contribution >= 4 is 45.8 Å². The van der Waals surface area contributed by atoms with Gasteiger partial charge in [0.1, 0.15) is 5.52 Å². The van der Waals surface area contributed by atoms with Gasteiger partial charge in [-0.2, -0.15) is 0 Å². The summed E-state index contributed by atoms with van der Waals surface area (Å²) in [4.78, 5) is 32.8. The Bertz CT molecular complexity index is 1390. The number of nitrogens with zero attached hydrogens (tertiary/aromatic N) is 6. The molecule has 37 heavy (non-hydrogen) atoms. The second-order valence-electron chi connectivity index (χ2n) is 8.87. The summed E-state index contributed by atoms with van der Waals surface area (Å²) in [6.07, 6.45) is 0.867. The van der Waals surface area contributed by atoms with Gasteiger partial charge in [0.2, 0.25) is 11.1 Å². The second kappa shape index (κ2) is 11.6. The van der Waals surface area contributed by atoms with Crippen LogP contribution < -0.4 is 0 Å². The maximum Gasteiger partial charge on any atom is 0.409 e. The third-order valence-corrected chi connectivity index (χ3v) is 7.39. The van der Waals surface area contributed by atoms with Crippen LogP contribution in [0.5, 0.6) is 0 Å². The number of aromatic nitrogens is 4. The number of amides is 2. The zero-order chi connectivity index (χ0) is 25.6. The van der Waals surface area contributed by atoms with Gasteiger partial charge in [-0.05, 0) is 25.0 Å². The van der Waals surface area contributed by atoms with Crippen molar-refractivity contribution in [2.45, 2.75) is 31.5 Å². The molecule has 1 aliphatic rings. The summed E-state index contributed by atoms with van der Waals surface area (Å²) in [5.74, 6) is 0.835. The van der Waals surface area contributed by atoms with E-state index in [9.17, 15) is 9.59 Å². The normalized spacial score (nSPS) is 13.9. The maximum atomic E-state index is 12.6. The first-order chi connectivity index (χ1) is 18.1. The van der Waals surface area contributed by atoms with Crippen LogP contribution in [0.4, 0.5) is 4.79 Å². The molecule has 2 amide bonds. The summed E-state index contributed by atoms with van der Waals surface area (Å²) in [7, 11) is 0. The molecule has 0 N–H and O–H groups in total. The van der Waals surface area contributed by atoms with Crippen LogP contribution >= 0.6 is 11.8 Å². The number of fused-ring (bicyclic) bond motifs is 3. The number of piperazine rings is 1. The molecule has 5 rings (SSSR count). The Labute approximate surface area is 219 Å². The molecule has 0 saturated carbocycles. The summed E-state index contributed by atoms with van der Waals surface area (Å²) in [6, 6.07) is 18.5. The zero-order valence-corrected chi connectivity index (χ0v) is 21.7.